The smallest absolute Gasteiger partial charge is 0.211 e. The van der Waals surface area contributed by atoms with E-state index in [4.69, 9.17) is 0 Å². The summed E-state index contributed by atoms with van der Waals surface area (Å²) < 4.78 is 0. The van der Waals surface area contributed by atoms with Crippen molar-refractivity contribution >= 4 is 39.9 Å². The predicted octanol–water partition coefficient (Wildman–Crippen LogP) is 3.53. The van der Waals surface area contributed by atoms with Crippen LogP contribution in [0.25, 0.3) is 11.0 Å². The van der Waals surface area contributed by atoms with Crippen molar-refractivity contribution in [3.63, 3.8) is 0 Å². The molecule has 2 aromatic rings. The van der Waals surface area contributed by atoms with Crippen LogP contribution in [0.15, 0.2) is 23.2 Å². The molecule has 0 unspecified atom stereocenters. The van der Waals surface area contributed by atoms with Gasteiger partial charge in [0.2, 0.25) is 6.41 Å². The summed E-state index contributed by atoms with van der Waals surface area (Å²) in [6, 6.07) is 5.51. The molecule has 0 aliphatic heterocycles. The molecule has 1 heterocycles. The number of amides is 1. The molecule has 2 N–H and O–H groups in total. The third kappa shape index (κ3) is 5.23. The van der Waals surface area contributed by atoms with E-state index in [1.165, 1.54) is 11.8 Å². The number of carbonyl (C=O) groups is 1. The number of hydrogen-bond acceptors (Lipinski definition) is 4. The molecule has 0 saturated heterocycles. The highest BCUT2D eigenvalue weighted by atomic mass is 32.2. The number of anilines is 1. The number of H-pyrrole nitrogens is 1. The highest BCUT2D eigenvalue weighted by molar-refractivity contribution is 8.13. The van der Waals surface area contributed by atoms with E-state index < -0.39 is 0 Å². The first kappa shape index (κ1) is 17.2. The quantitative estimate of drug-likeness (QED) is 0.518. The first-order chi connectivity index (χ1) is 10.0. The van der Waals surface area contributed by atoms with Gasteiger partial charge in [-0.1, -0.05) is 20.8 Å². The van der Waals surface area contributed by atoms with Gasteiger partial charge in [-0.25, -0.2) is 4.98 Å². The van der Waals surface area contributed by atoms with Crippen molar-refractivity contribution < 1.29 is 4.79 Å². The van der Waals surface area contributed by atoms with Gasteiger partial charge in [0, 0.05) is 12.7 Å². The lowest BCUT2D eigenvalue weighted by Gasteiger charge is -1.96. The number of aromatic nitrogens is 2. The van der Waals surface area contributed by atoms with Crippen LogP contribution in [0.1, 0.15) is 26.6 Å². The van der Waals surface area contributed by atoms with Crippen LogP contribution in [0.3, 0.4) is 0 Å². The Morgan fingerprint density at radius 3 is 2.62 bits per heavy atom. The van der Waals surface area contributed by atoms with E-state index in [0.29, 0.717) is 6.41 Å². The summed E-state index contributed by atoms with van der Waals surface area (Å²) in [5, 5.41) is 3.46. The molecule has 0 radical (unpaired) electrons. The molecule has 1 aromatic heterocycles. The largest absolute Gasteiger partial charge is 0.336 e. The standard InChI is InChI=1S/C11H12N4OS.C4H10/c1-12-11(17-2)10-14-8-4-3-7(13-6-16)5-9(8)15-10;1-4(2)3/h3-6H,1-2H3,(H,13,16)(H,14,15);4H,1-3H3. The fourth-order valence-electron chi connectivity index (χ4n) is 1.56. The van der Waals surface area contributed by atoms with Crippen molar-refractivity contribution in [2.24, 2.45) is 10.9 Å². The third-order valence-electron chi connectivity index (χ3n) is 2.31. The van der Waals surface area contributed by atoms with Crippen LogP contribution < -0.4 is 5.32 Å². The molecule has 5 nitrogen and oxygen atoms in total. The number of hydrogen-bond donors (Lipinski definition) is 2. The van der Waals surface area contributed by atoms with Gasteiger partial charge < -0.3 is 10.3 Å². The second-order valence-corrected chi connectivity index (χ2v) is 5.84. The van der Waals surface area contributed by atoms with Crippen LogP contribution in [0.4, 0.5) is 5.69 Å². The molecule has 2 rings (SSSR count). The van der Waals surface area contributed by atoms with Crippen LogP contribution in [0.5, 0.6) is 0 Å². The highest BCUT2D eigenvalue weighted by Gasteiger charge is 2.08. The van der Waals surface area contributed by atoms with Gasteiger partial charge in [-0.2, -0.15) is 0 Å². The van der Waals surface area contributed by atoms with E-state index in [1.54, 1.807) is 7.05 Å². The zero-order valence-corrected chi connectivity index (χ0v) is 13.9. The number of aliphatic imine (C=N–C) groups is 1. The molecule has 0 fully saturated rings. The Morgan fingerprint density at radius 2 is 2.10 bits per heavy atom. The highest BCUT2D eigenvalue weighted by Crippen LogP contribution is 2.18. The van der Waals surface area contributed by atoms with Crippen LogP contribution >= 0.6 is 11.8 Å². The minimum atomic E-state index is 0.652. The Kier molecular flexibility index (Phi) is 6.94. The lowest BCUT2D eigenvalue weighted by molar-refractivity contribution is -0.105. The van der Waals surface area contributed by atoms with Gasteiger partial charge in [-0.05, 0) is 30.4 Å². The van der Waals surface area contributed by atoms with E-state index in [9.17, 15) is 4.79 Å². The van der Waals surface area contributed by atoms with Crippen LogP contribution in [0.2, 0.25) is 0 Å². The Hall–Kier alpha value is -1.82. The molecule has 1 aromatic carbocycles. The number of carbonyl (C=O) groups excluding carboxylic acids is 1. The lowest BCUT2D eigenvalue weighted by atomic mass is 10.3. The maximum absolute atomic E-state index is 10.4. The van der Waals surface area contributed by atoms with Gasteiger partial charge in [-0.3, -0.25) is 9.79 Å². The van der Waals surface area contributed by atoms with Gasteiger partial charge in [-0.15, -0.1) is 11.8 Å². The molecule has 114 valence electrons. The number of nitrogens with zero attached hydrogens (tertiary/aromatic N) is 2. The summed E-state index contributed by atoms with van der Waals surface area (Å²) in [7, 11) is 1.73. The molecule has 0 spiro atoms. The number of aromatic amines is 1. The number of benzene rings is 1. The SMILES string of the molecule is CC(C)C.CN=C(SC)c1nc2ccc(NC=O)cc2[nH]1. The summed E-state index contributed by atoms with van der Waals surface area (Å²) in [4.78, 5) is 22.1. The Morgan fingerprint density at radius 1 is 1.43 bits per heavy atom. The summed E-state index contributed by atoms with van der Waals surface area (Å²) in [5.74, 6) is 1.58. The first-order valence-corrected chi connectivity index (χ1v) is 7.95. The molecule has 0 atom stereocenters. The molecule has 21 heavy (non-hydrogen) atoms. The van der Waals surface area contributed by atoms with Gasteiger partial charge in [0.05, 0.1) is 11.0 Å². The maximum atomic E-state index is 10.4. The lowest BCUT2D eigenvalue weighted by Crippen LogP contribution is -1.96. The molecule has 6 heteroatoms. The molecule has 0 aliphatic carbocycles. The van der Waals surface area contributed by atoms with Crippen molar-refractivity contribution in [1.82, 2.24) is 9.97 Å². The van der Waals surface area contributed by atoms with Crippen LogP contribution in [0, 0.1) is 5.92 Å². The van der Waals surface area contributed by atoms with E-state index in [-0.39, 0.29) is 0 Å². The van der Waals surface area contributed by atoms with Crippen molar-refractivity contribution in [1.29, 1.82) is 0 Å². The van der Waals surface area contributed by atoms with E-state index >= 15 is 0 Å². The molecular weight excluding hydrogens is 284 g/mol. The fourth-order valence-corrected chi connectivity index (χ4v) is 2.04. The first-order valence-electron chi connectivity index (χ1n) is 6.72. The van der Waals surface area contributed by atoms with Crippen molar-refractivity contribution in [2.45, 2.75) is 20.8 Å². The van der Waals surface area contributed by atoms with Crippen molar-refractivity contribution in [2.75, 3.05) is 18.6 Å². The Labute approximate surface area is 129 Å². The summed E-state index contributed by atoms with van der Waals surface area (Å²) in [6.07, 6.45) is 2.61. The van der Waals surface area contributed by atoms with Gasteiger partial charge in [0.1, 0.15) is 5.04 Å². The predicted molar refractivity (Wildman–Crippen MR) is 92.3 cm³/mol. The fraction of sp³-hybridized carbons (Fsp3) is 0.400. The monoisotopic (exact) mass is 306 g/mol. The van der Waals surface area contributed by atoms with E-state index in [2.05, 4.69) is 41.0 Å². The van der Waals surface area contributed by atoms with Crippen LogP contribution in [-0.2, 0) is 4.79 Å². The number of imidazole rings is 1. The number of rotatable bonds is 3. The Balaban J connectivity index is 0.000000491. The second-order valence-electron chi connectivity index (χ2n) is 5.04. The van der Waals surface area contributed by atoms with E-state index in [0.717, 1.165) is 33.5 Å². The average Bonchev–Trinajstić information content (AvgIpc) is 2.82. The topological polar surface area (TPSA) is 70.1 Å². The van der Waals surface area contributed by atoms with Crippen molar-refractivity contribution in [3.8, 4) is 0 Å². The normalized spacial score (nSPS) is 11.2. The summed E-state index contributed by atoms with van der Waals surface area (Å²) in [6.45, 7) is 6.50. The zero-order chi connectivity index (χ0) is 15.8. The molecule has 0 aliphatic rings. The van der Waals surface area contributed by atoms with Gasteiger partial charge in [0.15, 0.2) is 5.82 Å². The summed E-state index contributed by atoms with van der Waals surface area (Å²) >= 11 is 1.54. The van der Waals surface area contributed by atoms with Gasteiger partial charge >= 0.3 is 0 Å². The average molecular weight is 306 g/mol. The molecule has 1 amide bonds. The Bertz CT molecular complexity index is 616. The third-order valence-corrected chi connectivity index (χ3v) is 3.07. The second kappa shape index (κ2) is 8.46. The number of nitrogens with one attached hydrogen (secondary N) is 2. The van der Waals surface area contributed by atoms with E-state index in [1.807, 2.05) is 24.5 Å². The minimum absolute atomic E-state index is 0.652. The zero-order valence-electron chi connectivity index (χ0n) is 13.1. The molecular formula is C15H22N4OS. The maximum Gasteiger partial charge on any atom is 0.211 e. The number of fused-ring (bicyclic) bond motifs is 1. The van der Waals surface area contributed by atoms with Crippen molar-refractivity contribution in [3.05, 3.63) is 24.0 Å². The minimum Gasteiger partial charge on any atom is -0.336 e. The molecule has 0 bridgehead atoms. The number of thioether (sulfide) groups is 1. The summed E-state index contributed by atoms with van der Waals surface area (Å²) in [5.41, 5.74) is 2.47. The molecule has 0 saturated carbocycles. The van der Waals surface area contributed by atoms with Crippen LogP contribution in [-0.4, -0.2) is 34.7 Å². The van der Waals surface area contributed by atoms with Gasteiger partial charge in [0.25, 0.3) is 0 Å².